The minimum atomic E-state index is -5.13. The van der Waals surface area contributed by atoms with Gasteiger partial charge in [-0.1, -0.05) is 139 Å². The molecule has 6 N–H and O–H groups in total. The van der Waals surface area contributed by atoms with E-state index >= 15 is 0 Å². The van der Waals surface area contributed by atoms with E-state index in [1.165, 1.54) is 57.8 Å². The fourth-order valence-electron chi connectivity index (χ4n) is 6.62. The molecule has 61 heavy (non-hydrogen) atoms. The van der Waals surface area contributed by atoms with Crippen molar-refractivity contribution in [1.82, 2.24) is 0 Å². The Morgan fingerprint density at radius 1 is 0.525 bits per heavy atom. The monoisotopic (exact) mass is 885 g/mol. The first-order valence-corrected chi connectivity index (χ1v) is 24.6. The number of carbonyl (C=O) groups is 2. The molecular weight excluding hydrogens is 803 g/mol. The van der Waals surface area contributed by atoms with Crippen LogP contribution in [0.4, 0.5) is 0 Å². The van der Waals surface area contributed by atoms with Crippen molar-refractivity contribution in [1.29, 1.82) is 0 Å². The zero-order chi connectivity index (χ0) is 45.0. The van der Waals surface area contributed by atoms with Crippen LogP contribution in [0.5, 0.6) is 0 Å². The molecule has 13 nitrogen and oxygen atoms in total. The van der Waals surface area contributed by atoms with Crippen molar-refractivity contribution in [2.75, 3.05) is 13.2 Å². The first-order valence-electron chi connectivity index (χ1n) is 23.1. The number of allylic oxidation sites excluding steroid dienone is 10. The van der Waals surface area contributed by atoms with Gasteiger partial charge in [0.2, 0.25) is 0 Å². The van der Waals surface area contributed by atoms with Crippen molar-refractivity contribution >= 4 is 19.8 Å². The van der Waals surface area contributed by atoms with Gasteiger partial charge in [-0.2, -0.15) is 0 Å². The third-order valence-corrected chi connectivity index (χ3v) is 11.3. The van der Waals surface area contributed by atoms with E-state index in [2.05, 4.69) is 68.5 Å². The van der Waals surface area contributed by atoms with E-state index in [1.54, 1.807) is 0 Å². The van der Waals surface area contributed by atoms with E-state index in [-0.39, 0.29) is 12.8 Å². The van der Waals surface area contributed by atoms with Crippen LogP contribution in [0.1, 0.15) is 168 Å². The van der Waals surface area contributed by atoms with E-state index in [1.807, 2.05) is 6.08 Å². The maximum Gasteiger partial charge on any atom is 0.472 e. The molecule has 0 aromatic heterocycles. The Morgan fingerprint density at radius 2 is 0.934 bits per heavy atom. The number of rotatable bonds is 37. The van der Waals surface area contributed by atoms with Gasteiger partial charge in [0.15, 0.2) is 6.10 Å². The third-order valence-electron chi connectivity index (χ3n) is 10.3. The Bertz CT molecular complexity index is 1300. The van der Waals surface area contributed by atoms with Gasteiger partial charge in [0.1, 0.15) is 43.2 Å². The lowest BCUT2D eigenvalue weighted by Gasteiger charge is -2.41. The summed E-state index contributed by atoms with van der Waals surface area (Å²) >= 11 is 0. The number of aliphatic hydroxyl groups excluding tert-OH is 5. The van der Waals surface area contributed by atoms with E-state index in [9.17, 15) is 44.6 Å². The largest absolute Gasteiger partial charge is 0.472 e. The predicted octanol–water partition coefficient (Wildman–Crippen LogP) is 8.94. The van der Waals surface area contributed by atoms with Gasteiger partial charge in [0, 0.05) is 12.8 Å². The molecule has 8 atom stereocenters. The van der Waals surface area contributed by atoms with Crippen molar-refractivity contribution in [3.05, 3.63) is 60.8 Å². The summed E-state index contributed by atoms with van der Waals surface area (Å²) in [7, 11) is -5.13. The van der Waals surface area contributed by atoms with E-state index in [0.717, 1.165) is 70.6 Å². The summed E-state index contributed by atoms with van der Waals surface area (Å²) in [5.41, 5.74) is 0. The Kier molecular flexibility index (Phi) is 34.3. The second-order valence-corrected chi connectivity index (χ2v) is 17.3. The standard InChI is InChI=1S/C47H81O13P/c1-3-5-7-9-11-13-15-17-19-20-22-23-25-27-29-31-33-35-40(48)57-37-39(38-58-61(55,56)60-47-45(53)43(51)42(50)44(52)46(47)54)59-41(49)36-34-32-30-28-26-24-21-18-16-14-12-10-8-6-4-2/h6,8,12-15,18,21,26,28,39,42-47,50-54H,3-5,7,9-11,16-17,19-20,22-25,27,29-38H2,1-2H3,(H,55,56)/b8-6+,14-12+,15-13+,21-18+,28-26+/t39-,42?,43-,44?,45?,46?,47?/m0/s1. The quantitative estimate of drug-likeness (QED) is 0.0149. The van der Waals surface area contributed by atoms with Crippen LogP contribution in [-0.2, 0) is 32.7 Å². The molecule has 1 fully saturated rings. The van der Waals surface area contributed by atoms with Crippen molar-refractivity contribution in [2.24, 2.45) is 0 Å². The molecule has 14 heteroatoms. The number of phosphoric ester groups is 1. The smallest absolute Gasteiger partial charge is 0.462 e. The van der Waals surface area contributed by atoms with Gasteiger partial charge in [-0.25, -0.2) is 4.57 Å². The number of hydrogen-bond acceptors (Lipinski definition) is 12. The minimum absolute atomic E-state index is 0.0421. The topological polar surface area (TPSA) is 210 Å². The van der Waals surface area contributed by atoms with Crippen LogP contribution in [0, 0.1) is 0 Å². The number of aliphatic hydroxyl groups is 5. The average Bonchev–Trinajstić information content (AvgIpc) is 3.24. The molecule has 0 aromatic rings. The van der Waals surface area contributed by atoms with Gasteiger partial charge in [-0.15, -0.1) is 0 Å². The summed E-state index contributed by atoms with van der Waals surface area (Å²) < 4.78 is 33.5. The van der Waals surface area contributed by atoms with Gasteiger partial charge in [-0.3, -0.25) is 18.6 Å². The van der Waals surface area contributed by atoms with Gasteiger partial charge in [0.25, 0.3) is 0 Å². The Labute approximate surface area is 366 Å². The SMILES string of the molecule is CC/C=C/C/C=C/C/C=C/C/C=C/CCCCC(=O)O[C@@H](COC(=O)CCCCCCCCCCC/C=C/CCCCCC)COP(=O)(O)OC1C(O)C(O)C(O)[C@H](O)C1O. The summed E-state index contributed by atoms with van der Waals surface area (Å²) in [6, 6.07) is 0. The lowest BCUT2D eigenvalue weighted by atomic mass is 9.85. The highest BCUT2D eigenvalue weighted by Crippen LogP contribution is 2.47. The molecule has 0 radical (unpaired) electrons. The third kappa shape index (κ3) is 29.5. The van der Waals surface area contributed by atoms with E-state index in [4.69, 9.17) is 18.5 Å². The van der Waals surface area contributed by atoms with Gasteiger partial charge >= 0.3 is 19.8 Å². The summed E-state index contributed by atoms with van der Waals surface area (Å²) in [5, 5.41) is 50.1. The van der Waals surface area contributed by atoms with Gasteiger partial charge < -0.3 is 39.9 Å². The van der Waals surface area contributed by atoms with Crippen molar-refractivity contribution in [3.63, 3.8) is 0 Å². The molecule has 0 spiro atoms. The van der Waals surface area contributed by atoms with Crippen LogP contribution < -0.4 is 0 Å². The number of carbonyl (C=O) groups excluding carboxylic acids is 2. The van der Waals surface area contributed by atoms with Crippen LogP contribution in [0.3, 0.4) is 0 Å². The molecule has 0 amide bonds. The molecule has 352 valence electrons. The predicted molar refractivity (Wildman–Crippen MR) is 239 cm³/mol. The molecule has 0 bridgehead atoms. The summed E-state index contributed by atoms with van der Waals surface area (Å²) in [4.78, 5) is 35.7. The molecule has 0 heterocycles. The molecule has 1 saturated carbocycles. The molecule has 0 aliphatic heterocycles. The number of hydrogen-bond donors (Lipinski definition) is 6. The Balaban J connectivity index is 2.48. The lowest BCUT2D eigenvalue weighted by Crippen LogP contribution is -2.64. The van der Waals surface area contributed by atoms with Crippen LogP contribution in [0.25, 0.3) is 0 Å². The van der Waals surface area contributed by atoms with Crippen molar-refractivity contribution in [3.8, 4) is 0 Å². The molecular formula is C47H81O13P. The molecule has 6 unspecified atom stereocenters. The average molecular weight is 885 g/mol. The van der Waals surface area contributed by atoms with Crippen LogP contribution in [0.15, 0.2) is 60.8 Å². The maximum absolute atomic E-state index is 12.8. The van der Waals surface area contributed by atoms with Crippen molar-refractivity contribution in [2.45, 2.75) is 211 Å². The first-order chi connectivity index (χ1) is 29.4. The highest BCUT2D eigenvalue weighted by atomic mass is 31.2. The summed E-state index contributed by atoms with van der Waals surface area (Å²) in [5.74, 6) is -1.15. The fourth-order valence-corrected chi connectivity index (χ4v) is 7.60. The van der Waals surface area contributed by atoms with Gasteiger partial charge in [0.05, 0.1) is 6.61 Å². The number of esters is 2. The Morgan fingerprint density at radius 3 is 1.48 bits per heavy atom. The fraction of sp³-hybridized carbons (Fsp3) is 0.745. The molecule has 0 saturated heterocycles. The molecule has 1 aliphatic carbocycles. The van der Waals surface area contributed by atoms with E-state index in [0.29, 0.717) is 12.8 Å². The Hall–Kier alpha value is -2.45. The molecule has 0 aromatic carbocycles. The number of phosphoric acid groups is 1. The zero-order valence-electron chi connectivity index (χ0n) is 37.2. The van der Waals surface area contributed by atoms with Gasteiger partial charge in [-0.05, 0) is 77.0 Å². The van der Waals surface area contributed by atoms with Crippen molar-refractivity contribution < 1.29 is 63.1 Å². The highest BCUT2D eigenvalue weighted by Gasteiger charge is 2.51. The first kappa shape index (κ1) is 56.6. The van der Waals surface area contributed by atoms with Crippen LogP contribution in [-0.4, -0.2) is 98.3 Å². The van der Waals surface area contributed by atoms with E-state index < -0.39 is 75.7 Å². The normalized spacial score (nSPS) is 22.6. The van der Waals surface area contributed by atoms with Crippen LogP contribution in [0.2, 0.25) is 0 Å². The second kappa shape index (κ2) is 37.0. The highest BCUT2D eigenvalue weighted by molar-refractivity contribution is 7.47. The minimum Gasteiger partial charge on any atom is -0.462 e. The molecule has 1 aliphatic rings. The maximum atomic E-state index is 12.8. The van der Waals surface area contributed by atoms with Crippen LogP contribution >= 0.6 is 7.82 Å². The second-order valence-electron chi connectivity index (χ2n) is 15.9. The summed E-state index contributed by atoms with van der Waals surface area (Å²) in [6.07, 6.45) is 31.3. The molecule has 1 rings (SSSR count). The number of unbranched alkanes of at least 4 members (excludes halogenated alkanes) is 15. The summed E-state index contributed by atoms with van der Waals surface area (Å²) in [6.45, 7) is 3.13. The lowest BCUT2D eigenvalue weighted by molar-refractivity contribution is -0.220. The number of ether oxygens (including phenoxy) is 2. The zero-order valence-corrected chi connectivity index (χ0v) is 38.1.